The van der Waals surface area contributed by atoms with E-state index in [9.17, 15) is 13.2 Å². The number of benzene rings is 1. The molecule has 0 aliphatic carbocycles. The number of ether oxygens (including phenoxy) is 1. The molecule has 3 aromatic rings. The monoisotopic (exact) mass is 427 g/mol. The van der Waals surface area contributed by atoms with Crippen LogP contribution in [0.15, 0.2) is 47.6 Å². The van der Waals surface area contributed by atoms with Crippen LogP contribution in [0.2, 0.25) is 0 Å². The minimum Gasteiger partial charge on any atom is -0.482 e. The summed E-state index contributed by atoms with van der Waals surface area (Å²) in [6.07, 6.45) is 3.28. The quantitative estimate of drug-likeness (QED) is 0.651. The van der Waals surface area contributed by atoms with Gasteiger partial charge in [-0.15, -0.1) is 0 Å². The van der Waals surface area contributed by atoms with Gasteiger partial charge in [-0.3, -0.25) is 9.78 Å². The molecule has 1 amide bonds. The predicted octanol–water partition coefficient (Wildman–Crippen LogP) is 1.40. The van der Waals surface area contributed by atoms with Crippen molar-refractivity contribution in [3.8, 4) is 5.75 Å². The van der Waals surface area contributed by atoms with Crippen LogP contribution in [-0.2, 0) is 14.8 Å². The number of aromatic nitrogens is 2. The lowest BCUT2D eigenvalue weighted by molar-refractivity contribution is -0.118. The Hall–Kier alpha value is -3.11. The van der Waals surface area contributed by atoms with E-state index in [2.05, 4.69) is 27.4 Å². The van der Waals surface area contributed by atoms with E-state index < -0.39 is 10.0 Å². The molecular formula is C20H21N5O4S. The van der Waals surface area contributed by atoms with E-state index in [0.717, 1.165) is 25.3 Å². The van der Waals surface area contributed by atoms with Crippen LogP contribution in [0, 0.1) is 0 Å². The maximum atomic E-state index is 13.7. The Balaban J connectivity index is 1.68. The third-order valence-electron chi connectivity index (χ3n) is 5.36. The fourth-order valence-electron chi connectivity index (χ4n) is 3.99. The van der Waals surface area contributed by atoms with Crippen molar-refractivity contribution in [1.82, 2.24) is 14.3 Å². The first-order valence-corrected chi connectivity index (χ1v) is 11.1. The molecule has 5 rings (SSSR count). The summed E-state index contributed by atoms with van der Waals surface area (Å²) in [5.74, 6) is -0.0545. The van der Waals surface area contributed by atoms with Gasteiger partial charge in [-0.2, -0.15) is 0 Å². The molecule has 2 aromatic heterocycles. The Labute approximate surface area is 173 Å². The highest BCUT2D eigenvalue weighted by Crippen LogP contribution is 2.37. The number of hydrogen-bond donors (Lipinski definition) is 2. The molecule has 0 spiro atoms. The number of fused-ring (bicyclic) bond motifs is 2. The van der Waals surface area contributed by atoms with Crippen LogP contribution in [0.3, 0.4) is 0 Å². The Morgan fingerprint density at radius 3 is 2.93 bits per heavy atom. The van der Waals surface area contributed by atoms with Gasteiger partial charge < -0.3 is 20.3 Å². The first kappa shape index (κ1) is 18.9. The zero-order valence-corrected chi connectivity index (χ0v) is 17.1. The number of carbonyl (C=O) groups excluding carboxylic acids is 1. The molecule has 30 heavy (non-hydrogen) atoms. The predicted molar refractivity (Wildman–Crippen MR) is 113 cm³/mol. The van der Waals surface area contributed by atoms with Gasteiger partial charge in [0, 0.05) is 38.1 Å². The van der Waals surface area contributed by atoms with Crippen molar-refractivity contribution < 1.29 is 17.9 Å². The molecule has 0 bridgehead atoms. The van der Waals surface area contributed by atoms with Crippen LogP contribution in [0.4, 0.5) is 11.4 Å². The highest BCUT2D eigenvalue weighted by molar-refractivity contribution is 7.90. The molecule has 10 heteroatoms. The molecule has 1 atom stereocenters. The van der Waals surface area contributed by atoms with E-state index in [0.29, 0.717) is 16.8 Å². The van der Waals surface area contributed by atoms with E-state index in [1.54, 1.807) is 36.7 Å². The fourth-order valence-corrected chi connectivity index (χ4v) is 5.51. The molecule has 2 aliphatic rings. The van der Waals surface area contributed by atoms with E-state index in [1.165, 1.54) is 10.0 Å². The van der Waals surface area contributed by atoms with Gasteiger partial charge in [0.25, 0.3) is 15.9 Å². The van der Waals surface area contributed by atoms with Gasteiger partial charge in [0.2, 0.25) is 0 Å². The smallest absolute Gasteiger partial charge is 0.270 e. The van der Waals surface area contributed by atoms with Crippen molar-refractivity contribution in [1.29, 1.82) is 0 Å². The Bertz CT molecular complexity index is 1250. The van der Waals surface area contributed by atoms with Crippen molar-refractivity contribution in [3.63, 3.8) is 0 Å². The summed E-state index contributed by atoms with van der Waals surface area (Å²) in [5, 5.41) is 6.03. The summed E-state index contributed by atoms with van der Waals surface area (Å²) in [5.41, 5.74) is 2.05. The van der Waals surface area contributed by atoms with Crippen LogP contribution >= 0.6 is 0 Å². The molecule has 1 fully saturated rings. The van der Waals surface area contributed by atoms with Crippen LogP contribution in [0.1, 0.15) is 6.92 Å². The third kappa shape index (κ3) is 2.99. The van der Waals surface area contributed by atoms with Gasteiger partial charge >= 0.3 is 0 Å². The van der Waals surface area contributed by atoms with Crippen molar-refractivity contribution in [3.05, 3.63) is 42.7 Å². The molecule has 1 saturated heterocycles. The summed E-state index contributed by atoms with van der Waals surface area (Å²) in [6.45, 7) is 4.26. The molecule has 156 valence electrons. The number of amides is 1. The largest absolute Gasteiger partial charge is 0.482 e. The van der Waals surface area contributed by atoms with Gasteiger partial charge in [0.05, 0.1) is 11.2 Å². The van der Waals surface area contributed by atoms with Gasteiger partial charge in [-0.05, 0) is 31.2 Å². The van der Waals surface area contributed by atoms with Crippen molar-refractivity contribution in [2.75, 3.05) is 36.5 Å². The molecule has 0 saturated carbocycles. The Morgan fingerprint density at radius 1 is 1.23 bits per heavy atom. The Morgan fingerprint density at radius 2 is 2.10 bits per heavy atom. The minimum atomic E-state index is -4.02. The third-order valence-corrected chi connectivity index (χ3v) is 7.08. The molecular weight excluding hydrogens is 406 g/mol. The number of para-hydroxylation sites is 1. The first-order chi connectivity index (χ1) is 14.4. The topological polar surface area (TPSA) is 106 Å². The summed E-state index contributed by atoms with van der Waals surface area (Å²) in [6, 6.07) is 8.44. The lowest BCUT2D eigenvalue weighted by Gasteiger charge is -2.32. The van der Waals surface area contributed by atoms with Crippen molar-refractivity contribution in [2.24, 2.45) is 0 Å². The number of nitrogens with one attached hydrogen (secondary N) is 2. The standard InChI is InChI=1S/C20H21N5O4S/c1-13-10-24(9-8-21-13)15-11-25(14-4-3-7-22-19(14)15)30(27,28)17-6-2-5-16-20(17)23-18(26)12-29-16/h2-7,11,13,21H,8-10,12H2,1H3,(H,23,26)/t13-/m1/s1. The number of hydrogen-bond acceptors (Lipinski definition) is 7. The van der Waals surface area contributed by atoms with E-state index in [-0.39, 0.29) is 29.1 Å². The van der Waals surface area contributed by atoms with Crippen LogP contribution in [0.5, 0.6) is 5.75 Å². The maximum Gasteiger partial charge on any atom is 0.270 e. The van der Waals surface area contributed by atoms with Gasteiger partial charge in [-0.25, -0.2) is 12.4 Å². The molecule has 2 N–H and O–H groups in total. The second-order valence-corrected chi connectivity index (χ2v) is 9.24. The molecule has 4 heterocycles. The summed E-state index contributed by atoms with van der Waals surface area (Å²) < 4.78 is 34.0. The fraction of sp³-hybridized carbons (Fsp3) is 0.300. The van der Waals surface area contributed by atoms with E-state index in [4.69, 9.17) is 4.74 Å². The second kappa shape index (κ2) is 6.99. The van der Waals surface area contributed by atoms with Crippen molar-refractivity contribution >= 4 is 38.3 Å². The number of rotatable bonds is 3. The van der Waals surface area contributed by atoms with E-state index in [1.807, 2.05) is 0 Å². The number of piperazine rings is 1. The first-order valence-electron chi connectivity index (χ1n) is 9.71. The number of nitrogens with zero attached hydrogens (tertiary/aromatic N) is 3. The Kier molecular flexibility index (Phi) is 4.40. The lowest BCUT2D eigenvalue weighted by Crippen LogP contribution is -2.49. The SMILES string of the molecule is C[C@@H]1CN(c2cn(S(=O)(=O)c3cccc4c3NC(=O)CO4)c3cccnc23)CCN1. The molecule has 0 radical (unpaired) electrons. The molecule has 0 unspecified atom stereocenters. The normalized spacial score (nSPS) is 19.3. The number of anilines is 2. The van der Waals surface area contributed by atoms with E-state index >= 15 is 0 Å². The van der Waals surface area contributed by atoms with Gasteiger partial charge in [0.1, 0.15) is 21.8 Å². The van der Waals surface area contributed by atoms with Crippen molar-refractivity contribution in [2.45, 2.75) is 17.9 Å². The average Bonchev–Trinajstić information content (AvgIpc) is 3.14. The maximum absolute atomic E-state index is 13.7. The second-order valence-electron chi connectivity index (χ2n) is 7.45. The lowest BCUT2D eigenvalue weighted by atomic mass is 10.2. The van der Waals surface area contributed by atoms with Gasteiger partial charge in [0.15, 0.2) is 6.61 Å². The summed E-state index contributed by atoms with van der Waals surface area (Å²) in [7, 11) is -4.02. The zero-order chi connectivity index (χ0) is 20.9. The highest BCUT2D eigenvalue weighted by atomic mass is 32.2. The summed E-state index contributed by atoms with van der Waals surface area (Å²) >= 11 is 0. The number of pyridine rings is 1. The summed E-state index contributed by atoms with van der Waals surface area (Å²) in [4.78, 5) is 18.4. The number of carbonyl (C=O) groups is 1. The van der Waals surface area contributed by atoms with Crippen LogP contribution in [-0.4, -0.2) is 55.6 Å². The minimum absolute atomic E-state index is 0.0194. The molecule has 1 aromatic carbocycles. The van der Waals surface area contributed by atoms with Crippen LogP contribution in [0.25, 0.3) is 11.0 Å². The van der Waals surface area contributed by atoms with Gasteiger partial charge in [-0.1, -0.05) is 6.07 Å². The highest BCUT2D eigenvalue weighted by Gasteiger charge is 2.30. The average molecular weight is 427 g/mol. The molecule has 2 aliphatic heterocycles. The molecule has 9 nitrogen and oxygen atoms in total. The zero-order valence-electron chi connectivity index (χ0n) is 16.3. The van der Waals surface area contributed by atoms with Crippen LogP contribution < -0.4 is 20.3 Å².